The Morgan fingerprint density at radius 1 is 1.00 bits per heavy atom. The first-order chi connectivity index (χ1) is 9.90. The van der Waals surface area contributed by atoms with Crippen molar-refractivity contribution in [1.82, 2.24) is 10.2 Å². The van der Waals surface area contributed by atoms with E-state index in [-0.39, 0.29) is 6.61 Å². The van der Waals surface area contributed by atoms with Gasteiger partial charge in [-0.2, -0.15) is 0 Å². The van der Waals surface area contributed by atoms with Crippen molar-refractivity contribution in [1.29, 1.82) is 0 Å². The zero-order valence-corrected chi connectivity index (χ0v) is 12.9. The average Bonchev–Trinajstić information content (AvgIpc) is 2.52. The summed E-state index contributed by atoms with van der Waals surface area (Å²) in [7, 11) is 0. The SMILES string of the molecule is OCCOCCCNC1CCN(C2CCCCC2)CC1. The molecule has 0 amide bonds. The second kappa shape index (κ2) is 9.72. The number of nitrogens with one attached hydrogen (secondary N) is 1. The molecule has 0 aromatic rings. The van der Waals surface area contributed by atoms with Crippen molar-refractivity contribution >= 4 is 0 Å². The van der Waals surface area contributed by atoms with Gasteiger partial charge in [0, 0.05) is 18.7 Å². The van der Waals surface area contributed by atoms with E-state index in [2.05, 4.69) is 10.2 Å². The molecule has 4 nitrogen and oxygen atoms in total. The molecule has 4 heteroatoms. The molecule has 0 bridgehead atoms. The van der Waals surface area contributed by atoms with Crippen LogP contribution < -0.4 is 5.32 Å². The quantitative estimate of drug-likeness (QED) is 0.667. The minimum atomic E-state index is 0.132. The second-order valence-electron chi connectivity index (χ2n) is 6.25. The van der Waals surface area contributed by atoms with E-state index in [0.29, 0.717) is 12.6 Å². The first-order valence-corrected chi connectivity index (χ1v) is 8.56. The molecule has 1 heterocycles. The molecule has 2 aliphatic rings. The first kappa shape index (κ1) is 16.2. The highest BCUT2D eigenvalue weighted by Crippen LogP contribution is 2.25. The summed E-state index contributed by atoms with van der Waals surface area (Å²) in [5.41, 5.74) is 0. The third-order valence-electron chi connectivity index (χ3n) is 4.75. The van der Waals surface area contributed by atoms with Crippen LogP contribution in [-0.4, -0.2) is 61.5 Å². The van der Waals surface area contributed by atoms with Crippen molar-refractivity contribution in [2.45, 2.75) is 63.5 Å². The van der Waals surface area contributed by atoms with E-state index >= 15 is 0 Å². The number of hydrogen-bond acceptors (Lipinski definition) is 4. The van der Waals surface area contributed by atoms with E-state index in [1.54, 1.807) is 0 Å². The van der Waals surface area contributed by atoms with Gasteiger partial charge in [-0.3, -0.25) is 0 Å². The lowest BCUT2D eigenvalue weighted by Crippen LogP contribution is -2.47. The molecule has 118 valence electrons. The highest BCUT2D eigenvalue weighted by molar-refractivity contribution is 4.83. The Hall–Kier alpha value is -0.160. The zero-order chi connectivity index (χ0) is 14.0. The van der Waals surface area contributed by atoms with Gasteiger partial charge in [0.1, 0.15) is 0 Å². The van der Waals surface area contributed by atoms with E-state index in [1.165, 1.54) is 58.0 Å². The summed E-state index contributed by atoms with van der Waals surface area (Å²) in [5, 5.41) is 12.3. The van der Waals surface area contributed by atoms with Crippen LogP contribution in [0.15, 0.2) is 0 Å². The smallest absolute Gasteiger partial charge is 0.0697 e. The Bertz CT molecular complexity index is 237. The van der Waals surface area contributed by atoms with E-state index < -0.39 is 0 Å². The van der Waals surface area contributed by atoms with Gasteiger partial charge in [-0.05, 0) is 51.7 Å². The summed E-state index contributed by atoms with van der Waals surface area (Å²) in [6, 6.07) is 1.59. The number of hydrogen-bond donors (Lipinski definition) is 2. The van der Waals surface area contributed by atoms with Gasteiger partial charge in [0.25, 0.3) is 0 Å². The molecular formula is C16H32N2O2. The molecule has 2 fully saturated rings. The van der Waals surface area contributed by atoms with Gasteiger partial charge in [0.05, 0.1) is 13.2 Å². The number of ether oxygens (including phenoxy) is 1. The Labute approximate surface area is 123 Å². The van der Waals surface area contributed by atoms with Crippen molar-refractivity contribution in [2.24, 2.45) is 0 Å². The molecule has 2 rings (SSSR count). The van der Waals surface area contributed by atoms with E-state index in [4.69, 9.17) is 9.84 Å². The molecule has 20 heavy (non-hydrogen) atoms. The van der Waals surface area contributed by atoms with Gasteiger partial charge in [-0.15, -0.1) is 0 Å². The highest BCUT2D eigenvalue weighted by Gasteiger charge is 2.25. The van der Waals surface area contributed by atoms with Gasteiger partial charge < -0.3 is 20.1 Å². The van der Waals surface area contributed by atoms with Crippen LogP contribution in [0.5, 0.6) is 0 Å². The molecule has 0 atom stereocenters. The number of aliphatic hydroxyl groups excluding tert-OH is 1. The van der Waals surface area contributed by atoms with Crippen LogP contribution >= 0.6 is 0 Å². The molecule has 0 aromatic heterocycles. The third kappa shape index (κ3) is 5.68. The lowest BCUT2D eigenvalue weighted by molar-refractivity contribution is 0.0883. The van der Waals surface area contributed by atoms with Crippen LogP contribution in [0.4, 0.5) is 0 Å². The molecule has 0 unspecified atom stereocenters. The molecular weight excluding hydrogens is 252 g/mol. The summed E-state index contributed by atoms with van der Waals surface area (Å²) in [5.74, 6) is 0. The van der Waals surface area contributed by atoms with Gasteiger partial charge >= 0.3 is 0 Å². The second-order valence-corrected chi connectivity index (χ2v) is 6.25. The monoisotopic (exact) mass is 284 g/mol. The number of likely N-dealkylation sites (tertiary alicyclic amines) is 1. The van der Waals surface area contributed by atoms with Crippen molar-refractivity contribution in [3.05, 3.63) is 0 Å². The van der Waals surface area contributed by atoms with Crippen LogP contribution in [0.1, 0.15) is 51.4 Å². The molecule has 1 aliphatic carbocycles. The minimum absolute atomic E-state index is 0.132. The van der Waals surface area contributed by atoms with E-state index in [0.717, 1.165) is 25.6 Å². The minimum Gasteiger partial charge on any atom is -0.394 e. The van der Waals surface area contributed by atoms with Crippen LogP contribution in [-0.2, 0) is 4.74 Å². The summed E-state index contributed by atoms with van der Waals surface area (Å²) in [6.45, 7) is 4.97. The van der Waals surface area contributed by atoms with Crippen molar-refractivity contribution in [3.8, 4) is 0 Å². The van der Waals surface area contributed by atoms with Crippen LogP contribution in [0, 0.1) is 0 Å². The third-order valence-corrected chi connectivity index (χ3v) is 4.75. The maximum absolute atomic E-state index is 8.61. The van der Waals surface area contributed by atoms with Crippen molar-refractivity contribution in [2.75, 3.05) is 39.5 Å². The van der Waals surface area contributed by atoms with Crippen molar-refractivity contribution in [3.63, 3.8) is 0 Å². The number of piperidine rings is 1. The fraction of sp³-hybridized carbons (Fsp3) is 1.00. The number of rotatable bonds is 8. The maximum Gasteiger partial charge on any atom is 0.0697 e. The van der Waals surface area contributed by atoms with Crippen LogP contribution in [0.25, 0.3) is 0 Å². The van der Waals surface area contributed by atoms with E-state index in [1.807, 2.05) is 0 Å². The molecule has 0 aromatic carbocycles. The molecule has 0 radical (unpaired) electrons. The first-order valence-electron chi connectivity index (χ1n) is 8.56. The largest absolute Gasteiger partial charge is 0.394 e. The summed E-state index contributed by atoms with van der Waals surface area (Å²) in [4.78, 5) is 2.74. The van der Waals surface area contributed by atoms with Gasteiger partial charge in [0.15, 0.2) is 0 Å². The molecule has 1 aliphatic heterocycles. The Morgan fingerprint density at radius 3 is 2.45 bits per heavy atom. The van der Waals surface area contributed by atoms with E-state index in [9.17, 15) is 0 Å². The van der Waals surface area contributed by atoms with Crippen LogP contribution in [0.2, 0.25) is 0 Å². The summed E-state index contributed by atoms with van der Waals surface area (Å²) in [6.07, 6.45) is 10.8. The molecule has 2 N–H and O–H groups in total. The van der Waals surface area contributed by atoms with Gasteiger partial charge in [0.2, 0.25) is 0 Å². The highest BCUT2D eigenvalue weighted by atomic mass is 16.5. The fourth-order valence-electron chi connectivity index (χ4n) is 3.56. The lowest BCUT2D eigenvalue weighted by atomic mass is 9.92. The van der Waals surface area contributed by atoms with Gasteiger partial charge in [-0.25, -0.2) is 0 Å². The predicted molar refractivity (Wildman–Crippen MR) is 82.0 cm³/mol. The maximum atomic E-state index is 8.61. The normalized spacial score (nSPS) is 23.2. The fourth-order valence-corrected chi connectivity index (χ4v) is 3.56. The summed E-state index contributed by atoms with van der Waals surface area (Å²) >= 11 is 0. The predicted octanol–water partition coefficient (Wildman–Crippen LogP) is 1.77. The topological polar surface area (TPSA) is 44.7 Å². The summed E-state index contributed by atoms with van der Waals surface area (Å²) < 4.78 is 5.27. The zero-order valence-electron chi connectivity index (χ0n) is 12.9. The Kier molecular flexibility index (Phi) is 7.88. The van der Waals surface area contributed by atoms with Gasteiger partial charge in [-0.1, -0.05) is 19.3 Å². The Balaban J connectivity index is 1.50. The Morgan fingerprint density at radius 2 is 1.75 bits per heavy atom. The van der Waals surface area contributed by atoms with Crippen LogP contribution in [0.3, 0.4) is 0 Å². The van der Waals surface area contributed by atoms with Crippen molar-refractivity contribution < 1.29 is 9.84 Å². The number of nitrogens with zero attached hydrogens (tertiary/aromatic N) is 1. The molecule has 0 spiro atoms. The lowest BCUT2D eigenvalue weighted by Gasteiger charge is -2.39. The standard InChI is InChI=1S/C16H32N2O2/c19-12-14-20-13-4-9-17-15-7-10-18(11-8-15)16-5-2-1-3-6-16/h15-17,19H,1-14H2. The molecule has 1 saturated carbocycles. The molecule has 1 saturated heterocycles. The number of aliphatic hydroxyl groups is 1. The average molecular weight is 284 g/mol.